The maximum absolute atomic E-state index is 13.0. The van der Waals surface area contributed by atoms with E-state index in [-0.39, 0.29) is 12.2 Å². The normalized spacial score (nSPS) is 10.3. The van der Waals surface area contributed by atoms with Crippen molar-refractivity contribution in [2.45, 2.75) is 6.42 Å². The number of hydrogen-bond donors (Lipinski definition) is 0. The van der Waals surface area contributed by atoms with Crippen LogP contribution in [-0.4, -0.2) is 7.11 Å². The van der Waals surface area contributed by atoms with E-state index in [1.54, 1.807) is 6.08 Å². The fraction of sp³-hybridized carbons (Fsp3) is 0.182. The molecule has 15 heavy (non-hydrogen) atoms. The van der Waals surface area contributed by atoms with Gasteiger partial charge in [0.1, 0.15) is 0 Å². The number of nitriles is 1. The molecule has 0 spiro atoms. The van der Waals surface area contributed by atoms with E-state index in [1.165, 1.54) is 19.3 Å². The molecule has 1 aromatic rings. The van der Waals surface area contributed by atoms with Crippen LogP contribution in [0.5, 0.6) is 5.75 Å². The van der Waals surface area contributed by atoms with Crippen molar-refractivity contribution in [3.05, 3.63) is 35.4 Å². The molecule has 0 amide bonds. The Morgan fingerprint density at radius 3 is 2.80 bits per heavy atom. The molecule has 0 saturated heterocycles. The summed E-state index contributed by atoms with van der Waals surface area (Å²) in [5.74, 6) is -2.12. The lowest BCUT2D eigenvalue weighted by Crippen LogP contribution is -1.92. The summed E-state index contributed by atoms with van der Waals surface area (Å²) in [5, 5.41) is 8.28. The van der Waals surface area contributed by atoms with Gasteiger partial charge >= 0.3 is 0 Å². The van der Waals surface area contributed by atoms with Crippen LogP contribution in [0.3, 0.4) is 0 Å². The van der Waals surface area contributed by atoms with E-state index >= 15 is 0 Å². The van der Waals surface area contributed by atoms with Crippen molar-refractivity contribution in [3.8, 4) is 11.8 Å². The van der Waals surface area contributed by atoms with E-state index in [1.807, 2.05) is 6.07 Å². The van der Waals surface area contributed by atoms with Crippen LogP contribution < -0.4 is 4.74 Å². The van der Waals surface area contributed by atoms with Gasteiger partial charge in [-0.05, 0) is 17.7 Å². The summed E-state index contributed by atoms with van der Waals surface area (Å²) in [6.45, 7) is 0. The monoisotopic (exact) mass is 209 g/mol. The molecule has 4 heteroatoms. The number of benzene rings is 1. The summed E-state index contributed by atoms with van der Waals surface area (Å²) in [6.07, 6.45) is 3.32. The Bertz CT molecular complexity index is 421. The molecule has 2 nitrogen and oxygen atoms in total. The first-order chi connectivity index (χ1) is 7.19. The van der Waals surface area contributed by atoms with Gasteiger partial charge < -0.3 is 4.74 Å². The SMILES string of the molecule is COc1cc(C=CCC#N)cc(F)c1F. The van der Waals surface area contributed by atoms with Gasteiger partial charge in [-0.15, -0.1) is 0 Å². The minimum atomic E-state index is -1.00. The van der Waals surface area contributed by atoms with E-state index in [0.717, 1.165) is 6.07 Å². The van der Waals surface area contributed by atoms with Crippen LogP contribution in [0.1, 0.15) is 12.0 Å². The average Bonchev–Trinajstić information content (AvgIpc) is 2.23. The Morgan fingerprint density at radius 2 is 2.20 bits per heavy atom. The van der Waals surface area contributed by atoms with Gasteiger partial charge in [0.15, 0.2) is 11.6 Å². The fourth-order valence-electron chi connectivity index (χ4n) is 1.08. The van der Waals surface area contributed by atoms with Gasteiger partial charge in [-0.25, -0.2) is 4.39 Å². The highest BCUT2D eigenvalue weighted by atomic mass is 19.2. The lowest BCUT2D eigenvalue weighted by molar-refractivity contribution is 0.371. The summed E-state index contributed by atoms with van der Waals surface area (Å²) in [4.78, 5) is 0. The first kappa shape index (κ1) is 11.2. The molecule has 0 radical (unpaired) electrons. The molecular weight excluding hydrogens is 200 g/mol. The third-order valence-corrected chi connectivity index (χ3v) is 1.76. The maximum atomic E-state index is 13.0. The van der Waals surface area contributed by atoms with Crippen molar-refractivity contribution in [1.82, 2.24) is 0 Å². The number of methoxy groups -OCH3 is 1. The maximum Gasteiger partial charge on any atom is 0.200 e. The van der Waals surface area contributed by atoms with Gasteiger partial charge in [0.25, 0.3) is 0 Å². The van der Waals surface area contributed by atoms with Gasteiger partial charge in [-0.3, -0.25) is 0 Å². The van der Waals surface area contributed by atoms with Crippen molar-refractivity contribution >= 4 is 6.08 Å². The number of allylic oxidation sites excluding steroid dienone is 1. The van der Waals surface area contributed by atoms with Crippen molar-refractivity contribution < 1.29 is 13.5 Å². The molecule has 0 fully saturated rings. The minimum Gasteiger partial charge on any atom is -0.494 e. The predicted molar refractivity (Wildman–Crippen MR) is 52.2 cm³/mol. The van der Waals surface area contributed by atoms with Crippen molar-refractivity contribution in [1.29, 1.82) is 5.26 Å². The van der Waals surface area contributed by atoms with Gasteiger partial charge in [0, 0.05) is 0 Å². The second-order valence-corrected chi connectivity index (χ2v) is 2.78. The Hall–Kier alpha value is -1.89. The number of nitrogens with zero attached hydrogens (tertiary/aromatic N) is 1. The minimum absolute atomic E-state index is 0.147. The zero-order valence-corrected chi connectivity index (χ0v) is 8.13. The van der Waals surface area contributed by atoms with Crippen LogP contribution in [-0.2, 0) is 0 Å². The van der Waals surface area contributed by atoms with Crippen LogP contribution in [0, 0.1) is 23.0 Å². The Kier molecular flexibility index (Phi) is 3.81. The Labute approximate surface area is 86.4 Å². The second-order valence-electron chi connectivity index (χ2n) is 2.78. The lowest BCUT2D eigenvalue weighted by Gasteiger charge is -2.03. The molecule has 0 aliphatic rings. The molecule has 0 heterocycles. The number of hydrogen-bond acceptors (Lipinski definition) is 2. The number of ether oxygens (including phenoxy) is 1. The fourth-order valence-corrected chi connectivity index (χ4v) is 1.08. The highest BCUT2D eigenvalue weighted by molar-refractivity contribution is 5.52. The highest BCUT2D eigenvalue weighted by Gasteiger charge is 2.09. The first-order valence-electron chi connectivity index (χ1n) is 4.25. The summed E-state index contributed by atoms with van der Waals surface area (Å²) in [7, 11) is 1.26. The van der Waals surface area contributed by atoms with Crippen LogP contribution in [0.25, 0.3) is 6.08 Å². The molecule has 0 aliphatic carbocycles. The topological polar surface area (TPSA) is 33.0 Å². The molecule has 0 saturated carbocycles. The van der Waals surface area contributed by atoms with E-state index in [4.69, 9.17) is 5.26 Å². The van der Waals surface area contributed by atoms with Crippen molar-refractivity contribution in [2.75, 3.05) is 7.11 Å². The molecule has 1 rings (SSSR count). The van der Waals surface area contributed by atoms with Crippen LogP contribution in [0.2, 0.25) is 0 Å². The number of halogens is 2. The van der Waals surface area contributed by atoms with Crippen LogP contribution >= 0.6 is 0 Å². The number of rotatable bonds is 3. The van der Waals surface area contributed by atoms with E-state index in [2.05, 4.69) is 4.74 Å². The molecule has 0 N–H and O–H groups in total. The van der Waals surface area contributed by atoms with Gasteiger partial charge in [0.2, 0.25) is 5.82 Å². The third kappa shape index (κ3) is 2.78. The quantitative estimate of drug-likeness (QED) is 0.766. The van der Waals surface area contributed by atoms with Crippen LogP contribution in [0.4, 0.5) is 8.78 Å². The molecule has 78 valence electrons. The van der Waals surface area contributed by atoms with Gasteiger partial charge in [-0.2, -0.15) is 9.65 Å². The summed E-state index contributed by atoms with van der Waals surface area (Å²) in [6, 6.07) is 4.32. The van der Waals surface area contributed by atoms with E-state index in [0.29, 0.717) is 5.56 Å². The van der Waals surface area contributed by atoms with Crippen molar-refractivity contribution in [2.24, 2.45) is 0 Å². The molecule has 0 aliphatic heterocycles. The Balaban J connectivity index is 3.01. The van der Waals surface area contributed by atoms with E-state index < -0.39 is 11.6 Å². The second kappa shape index (κ2) is 5.11. The summed E-state index contributed by atoms with van der Waals surface area (Å²) < 4.78 is 30.6. The molecule has 0 atom stereocenters. The zero-order chi connectivity index (χ0) is 11.3. The highest BCUT2D eigenvalue weighted by Crippen LogP contribution is 2.22. The van der Waals surface area contributed by atoms with Crippen molar-refractivity contribution in [3.63, 3.8) is 0 Å². The third-order valence-electron chi connectivity index (χ3n) is 1.76. The first-order valence-corrected chi connectivity index (χ1v) is 4.25. The molecule has 0 aromatic heterocycles. The van der Waals surface area contributed by atoms with Gasteiger partial charge in [-0.1, -0.05) is 12.2 Å². The Morgan fingerprint density at radius 1 is 1.47 bits per heavy atom. The van der Waals surface area contributed by atoms with Gasteiger partial charge in [0.05, 0.1) is 19.6 Å². The summed E-state index contributed by atoms with van der Waals surface area (Å²) in [5.41, 5.74) is 0.459. The molecule has 0 bridgehead atoms. The zero-order valence-electron chi connectivity index (χ0n) is 8.13. The predicted octanol–water partition coefficient (Wildman–Crippen LogP) is 2.90. The average molecular weight is 209 g/mol. The molecule has 1 aromatic carbocycles. The standard InChI is InChI=1S/C11H9F2NO/c1-15-10-7-8(4-2-3-5-14)6-9(12)11(10)13/h2,4,6-7H,3H2,1H3. The lowest BCUT2D eigenvalue weighted by atomic mass is 10.2. The summed E-state index contributed by atoms with van der Waals surface area (Å²) >= 11 is 0. The van der Waals surface area contributed by atoms with E-state index in [9.17, 15) is 8.78 Å². The molecule has 0 unspecified atom stereocenters. The largest absolute Gasteiger partial charge is 0.494 e. The molecular formula is C11H9F2NO. The smallest absolute Gasteiger partial charge is 0.200 e. The van der Waals surface area contributed by atoms with Crippen LogP contribution in [0.15, 0.2) is 18.2 Å².